The van der Waals surface area contributed by atoms with Crippen LogP contribution in [0.15, 0.2) is 211 Å². The number of ether oxygens (including phenoxy) is 1. The Hall–Kier alpha value is -7.89. The zero-order chi connectivity index (χ0) is 40.0. The van der Waals surface area contributed by atoms with Crippen LogP contribution in [0.4, 0.5) is 0 Å². The lowest BCUT2D eigenvalue weighted by Crippen LogP contribution is -2.31. The fraction of sp³-hybridized carbons (Fsp3) is 0.0536. The Morgan fingerprint density at radius 3 is 2.08 bits per heavy atom. The molecule has 13 rings (SSSR count). The maximum atomic E-state index is 6.88. The topological polar surface area (TPSA) is 43.5 Å². The van der Waals surface area contributed by atoms with Crippen LogP contribution in [-0.2, 0) is 0 Å². The van der Waals surface area contributed by atoms with Crippen molar-refractivity contribution in [2.45, 2.75) is 12.6 Å². The van der Waals surface area contributed by atoms with Crippen molar-refractivity contribution in [3.8, 4) is 39.4 Å². The van der Waals surface area contributed by atoms with Gasteiger partial charge in [0.1, 0.15) is 23.5 Å². The maximum Gasteiger partial charge on any atom is 0.146 e. The summed E-state index contributed by atoms with van der Waals surface area (Å²) in [4.78, 5) is 5.39. The molecule has 3 aliphatic rings. The van der Waals surface area contributed by atoms with Gasteiger partial charge in [-0.05, 0) is 82.6 Å². The number of nitrogens with zero attached hydrogens (tertiary/aromatic N) is 3. The van der Waals surface area contributed by atoms with Gasteiger partial charge < -0.3 is 14.6 Å². The van der Waals surface area contributed by atoms with Gasteiger partial charge in [-0.1, -0.05) is 140 Å². The van der Waals surface area contributed by atoms with Gasteiger partial charge in [-0.3, -0.25) is 4.57 Å². The van der Waals surface area contributed by atoms with E-state index in [-0.39, 0.29) is 12.1 Å². The molecule has 288 valence electrons. The molecule has 1 aliphatic carbocycles. The molecule has 1 N–H and O–H groups in total. The molecule has 2 unspecified atom stereocenters. The van der Waals surface area contributed by atoms with Crippen molar-refractivity contribution in [1.82, 2.24) is 14.5 Å². The average molecular weight is 783 g/mol. The normalized spacial score (nSPS) is 16.8. The van der Waals surface area contributed by atoms with Crippen LogP contribution in [0.1, 0.15) is 18.2 Å². The Morgan fingerprint density at radius 2 is 1.25 bits per heavy atom. The number of aliphatic imine (C=N–C) groups is 1. The summed E-state index contributed by atoms with van der Waals surface area (Å²) < 4.78 is 11.6. The van der Waals surface area contributed by atoms with Gasteiger partial charge in [0.25, 0.3) is 0 Å². The van der Waals surface area contributed by atoms with Gasteiger partial charge in [0.15, 0.2) is 0 Å². The van der Waals surface area contributed by atoms with Crippen molar-refractivity contribution in [2.75, 3.05) is 0 Å². The van der Waals surface area contributed by atoms with E-state index in [2.05, 4.69) is 215 Å². The Morgan fingerprint density at radius 1 is 0.525 bits per heavy atom. The van der Waals surface area contributed by atoms with Crippen LogP contribution in [0.3, 0.4) is 0 Å². The third-order valence-electron chi connectivity index (χ3n) is 12.8. The molecular weight excluding hydrogens is 745 g/mol. The first-order chi connectivity index (χ1) is 30.2. The molecule has 8 aromatic carbocycles. The monoisotopic (exact) mass is 782 g/mol. The molecule has 2 atom stereocenters. The largest absolute Gasteiger partial charge is 0.456 e. The molecule has 2 aromatic heterocycles. The first-order valence-electron chi connectivity index (χ1n) is 21.1. The molecule has 0 spiro atoms. The molecule has 10 aromatic rings. The molecule has 0 saturated heterocycles. The number of benzene rings is 8. The van der Waals surface area contributed by atoms with Crippen LogP contribution in [0.25, 0.3) is 82.3 Å². The number of rotatable bonds is 4. The molecule has 0 fully saturated rings. The van der Waals surface area contributed by atoms with E-state index in [1.54, 1.807) is 0 Å². The third kappa shape index (κ3) is 5.23. The van der Waals surface area contributed by atoms with E-state index in [1.165, 1.54) is 43.7 Å². The molecule has 0 amide bonds. The van der Waals surface area contributed by atoms with Gasteiger partial charge in [0, 0.05) is 61.9 Å². The molecule has 5 heteroatoms. The second kappa shape index (κ2) is 13.3. The van der Waals surface area contributed by atoms with Crippen LogP contribution in [0.5, 0.6) is 11.5 Å². The highest BCUT2D eigenvalue weighted by atomic mass is 16.5. The van der Waals surface area contributed by atoms with Crippen molar-refractivity contribution in [3.63, 3.8) is 0 Å². The van der Waals surface area contributed by atoms with E-state index in [1.807, 2.05) is 0 Å². The molecule has 2 aliphatic heterocycles. The Balaban J connectivity index is 0.956. The zero-order valence-corrected chi connectivity index (χ0v) is 33.2. The van der Waals surface area contributed by atoms with Crippen LogP contribution < -0.4 is 10.1 Å². The van der Waals surface area contributed by atoms with Gasteiger partial charge in [-0.2, -0.15) is 0 Å². The van der Waals surface area contributed by atoms with Crippen LogP contribution in [0, 0.1) is 5.92 Å². The number of fused-ring (bicyclic) bond motifs is 9. The summed E-state index contributed by atoms with van der Waals surface area (Å²) in [5, 5.41) is 11.0. The van der Waals surface area contributed by atoms with E-state index in [4.69, 9.17) is 9.73 Å². The molecule has 4 heterocycles. The van der Waals surface area contributed by atoms with E-state index in [9.17, 15) is 0 Å². The van der Waals surface area contributed by atoms with E-state index >= 15 is 0 Å². The minimum absolute atomic E-state index is 0.197. The van der Waals surface area contributed by atoms with Gasteiger partial charge in [-0.25, -0.2) is 4.99 Å². The number of hydrogen-bond donors (Lipinski definition) is 1. The first-order valence-corrected chi connectivity index (χ1v) is 21.1. The predicted molar refractivity (Wildman–Crippen MR) is 252 cm³/mol. The summed E-state index contributed by atoms with van der Waals surface area (Å²) in [6, 6.07) is 61.1. The van der Waals surface area contributed by atoms with Crippen molar-refractivity contribution < 1.29 is 4.74 Å². The molecule has 0 saturated carbocycles. The quantitative estimate of drug-likeness (QED) is 0.193. The lowest BCUT2D eigenvalue weighted by Gasteiger charge is -2.29. The first kappa shape index (κ1) is 34.0. The summed E-state index contributed by atoms with van der Waals surface area (Å²) in [6.07, 6.45) is 11.8. The van der Waals surface area contributed by atoms with Crippen molar-refractivity contribution in [1.29, 1.82) is 0 Å². The predicted octanol–water partition coefficient (Wildman–Crippen LogP) is 14.0. The molecule has 0 bridgehead atoms. The van der Waals surface area contributed by atoms with Crippen LogP contribution in [-0.4, -0.2) is 15.0 Å². The fourth-order valence-corrected chi connectivity index (χ4v) is 10.1. The van der Waals surface area contributed by atoms with Gasteiger partial charge in [0.2, 0.25) is 0 Å². The summed E-state index contributed by atoms with van der Waals surface area (Å²) in [6.45, 7) is 0. The Kier molecular flexibility index (Phi) is 7.43. The molecular formula is C56H38N4O. The smallest absolute Gasteiger partial charge is 0.146 e. The summed E-state index contributed by atoms with van der Waals surface area (Å²) in [7, 11) is 0. The SMILES string of the molecule is C1=CCC(C2=CC(n3c4ccccc4c4cc(-c5ccc6c(c5)-c5cccc7c5c(cc5c7c7ccccc7n5-c5ccccc5)O6)ccc43)=NC(c3ccccc3)N2)C=C1. The zero-order valence-electron chi connectivity index (χ0n) is 33.2. The van der Waals surface area contributed by atoms with Crippen molar-refractivity contribution in [3.05, 3.63) is 211 Å². The van der Waals surface area contributed by atoms with E-state index < -0.39 is 0 Å². The Bertz CT molecular complexity index is 3570. The second-order valence-electron chi connectivity index (χ2n) is 16.3. The average Bonchev–Trinajstić information content (AvgIpc) is 3.85. The highest BCUT2D eigenvalue weighted by Gasteiger charge is 2.27. The number of hydrogen-bond acceptors (Lipinski definition) is 3. The Labute approximate surface area is 352 Å². The number of allylic oxidation sites excluding steroid dienone is 5. The van der Waals surface area contributed by atoms with Crippen LogP contribution in [0.2, 0.25) is 0 Å². The summed E-state index contributed by atoms with van der Waals surface area (Å²) in [5.74, 6) is 2.94. The maximum absolute atomic E-state index is 6.88. The summed E-state index contributed by atoms with van der Waals surface area (Å²) >= 11 is 0. The van der Waals surface area contributed by atoms with Gasteiger partial charge >= 0.3 is 0 Å². The number of aromatic nitrogens is 2. The lowest BCUT2D eigenvalue weighted by molar-refractivity contribution is 0.487. The highest BCUT2D eigenvalue weighted by Crippen LogP contribution is 2.51. The minimum Gasteiger partial charge on any atom is -0.456 e. The van der Waals surface area contributed by atoms with Gasteiger partial charge in [-0.15, -0.1) is 0 Å². The summed E-state index contributed by atoms with van der Waals surface area (Å²) in [5.41, 5.74) is 12.6. The molecule has 0 radical (unpaired) electrons. The van der Waals surface area contributed by atoms with E-state index in [0.717, 1.165) is 73.6 Å². The minimum atomic E-state index is -0.197. The number of nitrogens with one attached hydrogen (secondary N) is 1. The number of para-hydroxylation sites is 3. The third-order valence-corrected chi connectivity index (χ3v) is 12.8. The standard InChI is InChI=1S/C56H38N4O/c1-4-15-35(16-5-1)46-33-53(58-56(57-46)36-17-6-2-7-18-36)60-47-25-12-10-21-40(47)44-31-37(27-29-49(44)60)38-28-30-51-45(32-38)41-23-14-24-43-54-42-22-11-13-26-48(42)59(39-19-8-3-9-20-39)50(54)34-52(61-51)55(41)43/h1-15,17-35,56-57H,16H2. The van der Waals surface area contributed by atoms with Crippen molar-refractivity contribution in [2.24, 2.45) is 10.9 Å². The lowest BCUT2D eigenvalue weighted by atomic mass is 9.90. The van der Waals surface area contributed by atoms with Crippen LogP contribution >= 0.6 is 0 Å². The van der Waals surface area contributed by atoms with E-state index in [0.29, 0.717) is 0 Å². The van der Waals surface area contributed by atoms with Crippen molar-refractivity contribution >= 4 is 60.2 Å². The molecule has 61 heavy (non-hydrogen) atoms. The second-order valence-corrected chi connectivity index (χ2v) is 16.3. The highest BCUT2D eigenvalue weighted by molar-refractivity contribution is 6.25. The molecule has 5 nitrogen and oxygen atoms in total. The fourth-order valence-electron chi connectivity index (χ4n) is 10.1. The van der Waals surface area contributed by atoms with Gasteiger partial charge in [0.05, 0.1) is 22.1 Å².